The summed E-state index contributed by atoms with van der Waals surface area (Å²) >= 11 is 0. The Morgan fingerprint density at radius 3 is 2.64 bits per heavy atom. The van der Waals surface area contributed by atoms with Crippen LogP contribution in [-0.2, 0) is 9.53 Å². The smallest absolute Gasteiger partial charge is 0.246 e. The average Bonchev–Trinajstić information content (AvgIpc) is 3.09. The Bertz CT molecular complexity index is 680. The standard InChI is InChI=1S/C19H26N4O2/c1-21(2)11-12-22(13-14-25-3)19(24)10-9-17-15-20-23(16-17)18-7-5-4-6-8-18/h4-10,15-16H,11-14H2,1-3H3/b10-9+. The molecule has 0 saturated carbocycles. The highest BCUT2D eigenvalue weighted by Gasteiger charge is 2.10. The molecule has 0 saturated heterocycles. The molecule has 1 aromatic carbocycles. The number of ether oxygens (including phenoxy) is 1. The minimum absolute atomic E-state index is 0.0219. The lowest BCUT2D eigenvalue weighted by Gasteiger charge is -2.22. The van der Waals surface area contributed by atoms with Crippen LogP contribution >= 0.6 is 0 Å². The van der Waals surface area contributed by atoms with Crippen molar-refractivity contribution >= 4 is 12.0 Å². The highest BCUT2D eigenvalue weighted by atomic mass is 16.5. The van der Waals surface area contributed by atoms with E-state index in [4.69, 9.17) is 4.74 Å². The van der Waals surface area contributed by atoms with Crippen molar-refractivity contribution in [2.75, 3.05) is 47.4 Å². The van der Waals surface area contributed by atoms with E-state index < -0.39 is 0 Å². The number of aromatic nitrogens is 2. The number of amides is 1. The monoisotopic (exact) mass is 342 g/mol. The zero-order valence-corrected chi connectivity index (χ0v) is 15.1. The second kappa shape index (κ2) is 9.76. The Morgan fingerprint density at radius 2 is 1.96 bits per heavy atom. The molecule has 1 heterocycles. The molecule has 2 rings (SSSR count). The molecular weight excluding hydrogens is 316 g/mol. The van der Waals surface area contributed by atoms with Crippen molar-refractivity contribution in [1.82, 2.24) is 19.6 Å². The van der Waals surface area contributed by atoms with Gasteiger partial charge in [-0.2, -0.15) is 5.10 Å². The van der Waals surface area contributed by atoms with Crippen LogP contribution in [0.1, 0.15) is 5.56 Å². The minimum atomic E-state index is -0.0219. The summed E-state index contributed by atoms with van der Waals surface area (Å²) in [6.07, 6.45) is 7.04. The summed E-state index contributed by atoms with van der Waals surface area (Å²) in [5.74, 6) is -0.0219. The molecule has 0 N–H and O–H groups in total. The summed E-state index contributed by atoms with van der Waals surface area (Å²) in [5, 5.41) is 4.33. The van der Waals surface area contributed by atoms with E-state index in [2.05, 4.69) is 10.00 Å². The molecule has 0 bridgehead atoms. The molecule has 0 unspecified atom stereocenters. The van der Waals surface area contributed by atoms with Gasteiger partial charge in [0.1, 0.15) is 0 Å². The van der Waals surface area contributed by atoms with Gasteiger partial charge in [0.05, 0.1) is 18.5 Å². The van der Waals surface area contributed by atoms with E-state index in [1.165, 1.54) is 0 Å². The molecule has 0 fully saturated rings. The van der Waals surface area contributed by atoms with Crippen LogP contribution in [0.5, 0.6) is 0 Å². The maximum atomic E-state index is 12.4. The zero-order valence-electron chi connectivity index (χ0n) is 15.1. The van der Waals surface area contributed by atoms with Gasteiger partial charge in [0.2, 0.25) is 5.91 Å². The number of carbonyl (C=O) groups is 1. The number of nitrogens with zero attached hydrogens (tertiary/aromatic N) is 4. The third kappa shape index (κ3) is 6.17. The quantitative estimate of drug-likeness (QED) is 0.654. The van der Waals surface area contributed by atoms with E-state index in [-0.39, 0.29) is 5.91 Å². The molecule has 134 valence electrons. The van der Waals surface area contributed by atoms with Crippen LogP contribution in [-0.4, -0.2) is 72.9 Å². The molecular formula is C19H26N4O2. The number of hydrogen-bond donors (Lipinski definition) is 0. The van der Waals surface area contributed by atoms with Gasteiger partial charge in [0.15, 0.2) is 0 Å². The number of likely N-dealkylation sites (N-methyl/N-ethyl adjacent to an activating group) is 1. The third-order valence-corrected chi connectivity index (χ3v) is 3.74. The SMILES string of the molecule is COCCN(CCN(C)C)C(=O)/C=C/c1cnn(-c2ccccc2)c1. The van der Waals surface area contributed by atoms with Crippen LogP contribution in [0.25, 0.3) is 11.8 Å². The van der Waals surface area contributed by atoms with E-state index in [0.717, 1.165) is 17.8 Å². The number of para-hydroxylation sites is 1. The Kier molecular flexibility index (Phi) is 7.37. The number of carbonyl (C=O) groups excluding carboxylic acids is 1. The first-order chi connectivity index (χ1) is 12.1. The second-order valence-corrected chi connectivity index (χ2v) is 6.01. The summed E-state index contributed by atoms with van der Waals surface area (Å²) in [6.45, 7) is 2.59. The van der Waals surface area contributed by atoms with Gasteiger partial charge in [0.25, 0.3) is 0 Å². The highest BCUT2D eigenvalue weighted by Crippen LogP contribution is 2.09. The maximum Gasteiger partial charge on any atom is 0.246 e. The lowest BCUT2D eigenvalue weighted by molar-refractivity contribution is -0.126. The summed E-state index contributed by atoms with van der Waals surface area (Å²) in [5.41, 5.74) is 1.87. The van der Waals surface area contributed by atoms with Gasteiger partial charge in [-0.05, 0) is 32.3 Å². The van der Waals surface area contributed by atoms with E-state index in [1.54, 1.807) is 35.0 Å². The predicted octanol–water partition coefficient (Wildman–Crippen LogP) is 1.92. The van der Waals surface area contributed by atoms with E-state index in [1.807, 2.05) is 50.6 Å². The molecule has 1 amide bonds. The molecule has 2 aromatic rings. The Labute approximate surface area is 149 Å². The molecule has 0 aliphatic rings. The van der Waals surface area contributed by atoms with Gasteiger partial charge in [0, 0.05) is 44.6 Å². The summed E-state index contributed by atoms with van der Waals surface area (Å²) in [4.78, 5) is 16.3. The van der Waals surface area contributed by atoms with Crippen molar-refractivity contribution < 1.29 is 9.53 Å². The van der Waals surface area contributed by atoms with Crippen molar-refractivity contribution in [3.05, 3.63) is 54.4 Å². The van der Waals surface area contributed by atoms with Crippen molar-refractivity contribution in [2.24, 2.45) is 0 Å². The first kappa shape index (κ1) is 18.9. The molecule has 0 aliphatic heterocycles. The molecule has 0 aliphatic carbocycles. The van der Waals surface area contributed by atoms with Crippen molar-refractivity contribution in [1.29, 1.82) is 0 Å². The number of methoxy groups -OCH3 is 1. The molecule has 6 nitrogen and oxygen atoms in total. The minimum Gasteiger partial charge on any atom is -0.383 e. The highest BCUT2D eigenvalue weighted by molar-refractivity contribution is 5.91. The van der Waals surface area contributed by atoms with Crippen LogP contribution in [0.2, 0.25) is 0 Å². The second-order valence-electron chi connectivity index (χ2n) is 6.01. The molecule has 0 atom stereocenters. The third-order valence-electron chi connectivity index (χ3n) is 3.74. The van der Waals surface area contributed by atoms with E-state index >= 15 is 0 Å². The normalized spacial score (nSPS) is 11.4. The van der Waals surface area contributed by atoms with Crippen LogP contribution in [0.3, 0.4) is 0 Å². The Hall–Kier alpha value is -2.44. The van der Waals surface area contributed by atoms with Gasteiger partial charge in [-0.25, -0.2) is 4.68 Å². The van der Waals surface area contributed by atoms with E-state index in [9.17, 15) is 4.79 Å². The van der Waals surface area contributed by atoms with Crippen molar-refractivity contribution in [3.63, 3.8) is 0 Å². The number of hydrogen-bond acceptors (Lipinski definition) is 4. The first-order valence-electron chi connectivity index (χ1n) is 8.31. The lowest BCUT2D eigenvalue weighted by Crippen LogP contribution is -2.37. The topological polar surface area (TPSA) is 50.6 Å². The van der Waals surface area contributed by atoms with Crippen LogP contribution in [0, 0.1) is 0 Å². The van der Waals surface area contributed by atoms with Crippen LogP contribution < -0.4 is 0 Å². The van der Waals surface area contributed by atoms with Gasteiger partial charge < -0.3 is 14.5 Å². The fraction of sp³-hybridized carbons (Fsp3) is 0.368. The predicted molar refractivity (Wildman–Crippen MR) is 99.6 cm³/mol. The largest absolute Gasteiger partial charge is 0.383 e. The summed E-state index contributed by atoms with van der Waals surface area (Å²) in [7, 11) is 5.63. The molecule has 1 aromatic heterocycles. The van der Waals surface area contributed by atoms with Gasteiger partial charge in [-0.3, -0.25) is 4.79 Å². The Morgan fingerprint density at radius 1 is 1.20 bits per heavy atom. The molecule has 6 heteroatoms. The maximum absolute atomic E-state index is 12.4. The molecule has 25 heavy (non-hydrogen) atoms. The number of rotatable bonds is 9. The fourth-order valence-electron chi connectivity index (χ4n) is 2.27. The van der Waals surface area contributed by atoms with Gasteiger partial charge in [-0.15, -0.1) is 0 Å². The Balaban J connectivity index is 2.00. The average molecular weight is 342 g/mol. The fourth-order valence-corrected chi connectivity index (χ4v) is 2.27. The summed E-state index contributed by atoms with van der Waals surface area (Å²) < 4.78 is 6.89. The lowest BCUT2D eigenvalue weighted by atomic mass is 10.3. The molecule has 0 radical (unpaired) electrons. The van der Waals surface area contributed by atoms with Crippen LogP contribution in [0.4, 0.5) is 0 Å². The van der Waals surface area contributed by atoms with Crippen molar-refractivity contribution in [2.45, 2.75) is 0 Å². The zero-order chi connectivity index (χ0) is 18.1. The number of benzene rings is 1. The van der Waals surface area contributed by atoms with Gasteiger partial charge >= 0.3 is 0 Å². The van der Waals surface area contributed by atoms with Gasteiger partial charge in [-0.1, -0.05) is 18.2 Å². The van der Waals surface area contributed by atoms with Crippen LogP contribution in [0.15, 0.2) is 48.8 Å². The first-order valence-corrected chi connectivity index (χ1v) is 8.31. The molecule has 0 spiro atoms. The summed E-state index contributed by atoms with van der Waals surface area (Å²) in [6, 6.07) is 9.87. The van der Waals surface area contributed by atoms with Crippen molar-refractivity contribution in [3.8, 4) is 5.69 Å². The van der Waals surface area contributed by atoms with E-state index in [0.29, 0.717) is 19.7 Å².